The molecule has 2 N–H and O–H groups in total. The van der Waals surface area contributed by atoms with Crippen LogP contribution in [0, 0.1) is 0 Å². The number of carbonyl (C=O) groups is 1. The molecule has 0 saturated carbocycles. The van der Waals surface area contributed by atoms with Crippen LogP contribution in [0.3, 0.4) is 0 Å². The number of H-pyrrole nitrogens is 1. The van der Waals surface area contributed by atoms with E-state index in [2.05, 4.69) is 20.3 Å². The fourth-order valence-corrected chi connectivity index (χ4v) is 2.96. The molecule has 2 aromatic heterocycles. The van der Waals surface area contributed by atoms with Crippen LogP contribution < -0.4 is 14.8 Å². The number of benzene rings is 1. The molecule has 1 aliphatic rings. The minimum atomic E-state index is -0.217. The van der Waals surface area contributed by atoms with E-state index in [1.807, 2.05) is 24.3 Å². The van der Waals surface area contributed by atoms with Crippen molar-refractivity contribution in [1.82, 2.24) is 19.9 Å². The predicted molar refractivity (Wildman–Crippen MR) is 103 cm³/mol. The summed E-state index contributed by atoms with van der Waals surface area (Å²) in [5.74, 6) is 2.81. The average Bonchev–Trinajstić information content (AvgIpc) is 3.26. The molecular formula is C20H21N5O3. The number of hydrogen-bond donors (Lipinski definition) is 2. The summed E-state index contributed by atoms with van der Waals surface area (Å²) >= 11 is 0. The number of likely N-dealkylation sites (N-methyl/N-ethyl adjacent to an activating group) is 1. The largest absolute Gasteiger partial charge is 0.486 e. The molecule has 0 unspecified atom stereocenters. The highest BCUT2D eigenvalue weighted by Gasteiger charge is 2.24. The molecule has 0 radical (unpaired) electrons. The molecule has 0 bridgehead atoms. The number of rotatable bonds is 6. The Kier molecular flexibility index (Phi) is 5.09. The molecule has 1 aliphatic heterocycles. The highest BCUT2D eigenvalue weighted by molar-refractivity contribution is 5.93. The summed E-state index contributed by atoms with van der Waals surface area (Å²) in [7, 11) is 1.75. The van der Waals surface area contributed by atoms with E-state index in [0.717, 1.165) is 11.6 Å². The first-order valence-electron chi connectivity index (χ1n) is 9.01. The van der Waals surface area contributed by atoms with Crippen LogP contribution in [0.25, 0.3) is 0 Å². The summed E-state index contributed by atoms with van der Waals surface area (Å²) in [6.07, 6.45) is 4.81. The van der Waals surface area contributed by atoms with Gasteiger partial charge in [-0.25, -0.2) is 9.97 Å². The number of pyridine rings is 1. The first-order valence-corrected chi connectivity index (χ1v) is 9.01. The molecule has 0 spiro atoms. The second kappa shape index (κ2) is 7.99. The van der Waals surface area contributed by atoms with E-state index in [0.29, 0.717) is 36.8 Å². The number of amides is 1. The van der Waals surface area contributed by atoms with Crippen LogP contribution >= 0.6 is 0 Å². The van der Waals surface area contributed by atoms with Gasteiger partial charge in [0.25, 0.3) is 5.91 Å². The van der Waals surface area contributed by atoms with Crippen molar-refractivity contribution < 1.29 is 14.3 Å². The van der Waals surface area contributed by atoms with Crippen LogP contribution in [0.2, 0.25) is 0 Å². The summed E-state index contributed by atoms with van der Waals surface area (Å²) in [5.41, 5.74) is 0.517. The highest BCUT2D eigenvalue weighted by Crippen LogP contribution is 2.31. The lowest BCUT2D eigenvalue weighted by atomic mass is 10.2. The van der Waals surface area contributed by atoms with Gasteiger partial charge in [0.15, 0.2) is 17.6 Å². The molecule has 3 heterocycles. The maximum absolute atomic E-state index is 12.7. The zero-order valence-corrected chi connectivity index (χ0v) is 15.5. The van der Waals surface area contributed by atoms with E-state index >= 15 is 0 Å². The van der Waals surface area contributed by atoms with Crippen molar-refractivity contribution in [2.24, 2.45) is 0 Å². The van der Waals surface area contributed by atoms with E-state index in [4.69, 9.17) is 9.47 Å². The van der Waals surface area contributed by atoms with Gasteiger partial charge in [0.1, 0.15) is 18.2 Å². The third kappa shape index (κ3) is 4.06. The summed E-state index contributed by atoms with van der Waals surface area (Å²) in [6.45, 7) is 1.36. The van der Waals surface area contributed by atoms with Gasteiger partial charge in [-0.3, -0.25) is 4.79 Å². The van der Waals surface area contributed by atoms with Gasteiger partial charge in [-0.1, -0.05) is 12.1 Å². The van der Waals surface area contributed by atoms with E-state index in [9.17, 15) is 4.79 Å². The van der Waals surface area contributed by atoms with Crippen LogP contribution in [0.4, 0.5) is 5.82 Å². The highest BCUT2D eigenvalue weighted by atomic mass is 16.6. The standard InChI is InChI=1S/C20H21N5O3/c1-25(12-15-13-27-16-4-2-3-5-17(16)28-15)20(26)14-6-7-18(23-10-14)24-11-19-21-8-9-22-19/h2-10,15H,11-13H2,1H3,(H,21,22)(H,23,24)/t15-/m1/s1. The van der Waals surface area contributed by atoms with E-state index in [-0.39, 0.29) is 12.0 Å². The number of imidazole rings is 1. The van der Waals surface area contributed by atoms with E-state index < -0.39 is 0 Å². The van der Waals surface area contributed by atoms with Crippen molar-refractivity contribution in [2.75, 3.05) is 25.5 Å². The molecular weight excluding hydrogens is 358 g/mol. The SMILES string of the molecule is CN(C[C@@H]1COc2ccccc2O1)C(=O)c1ccc(NCc2ncc[nH]2)nc1. The summed E-state index contributed by atoms with van der Waals surface area (Å²) in [4.78, 5) is 25.7. The fourth-order valence-electron chi connectivity index (χ4n) is 2.96. The van der Waals surface area contributed by atoms with Gasteiger partial charge in [-0.05, 0) is 24.3 Å². The molecule has 0 aliphatic carbocycles. The molecule has 1 aromatic carbocycles. The third-order valence-electron chi connectivity index (χ3n) is 4.39. The van der Waals surface area contributed by atoms with Gasteiger partial charge in [0.05, 0.1) is 18.7 Å². The minimum Gasteiger partial charge on any atom is -0.486 e. The molecule has 8 nitrogen and oxygen atoms in total. The Balaban J connectivity index is 1.32. The maximum Gasteiger partial charge on any atom is 0.255 e. The van der Waals surface area contributed by atoms with Crippen LogP contribution in [0.1, 0.15) is 16.2 Å². The van der Waals surface area contributed by atoms with Gasteiger partial charge in [-0.15, -0.1) is 0 Å². The molecule has 0 saturated heterocycles. The Bertz CT molecular complexity index is 927. The maximum atomic E-state index is 12.7. The average molecular weight is 379 g/mol. The molecule has 4 rings (SSSR count). The molecule has 0 fully saturated rings. The van der Waals surface area contributed by atoms with Gasteiger partial charge < -0.3 is 24.7 Å². The number of anilines is 1. The van der Waals surface area contributed by atoms with Gasteiger partial charge in [0.2, 0.25) is 0 Å². The first-order chi connectivity index (χ1) is 13.7. The fraction of sp³-hybridized carbons (Fsp3) is 0.250. The molecule has 3 aromatic rings. The zero-order chi connectivity index (χ0) is 19.3. The second-order valence-corrected chi connectivity index (χ2v) is 6.50. The summed E-state index contributed by atoms with van der Waals surface area (Å²) < 4.78 is 11.6. The summed E-state index contributed by atoms with van der Waals surface area (Å²) in [6, 6.07) is 11.1. The Morgan fingerprint density at radius 3 is 2.86 bits per heavy atom. The van der Waals surface area contributed by atoms with Crippen molar-refractivity contribution in [3.05, 3.63) is 66.4 Å². The van der Waals surface area contributed by atoms with Gasteiger partial charge in [0, 0.05) is 25.6 Å². The van der Waals surface area contributed by atoms with Crippen molar-refractivity contribution in [3.8, 4) is 11.5 Å². The third-order valence-corrected chi connectivity index (χ3v) is 4.39. The lowest BCUT2D eigenvalue weighted by Gasteiger charge is -2.29. The number of aromatic amines is 1. The number of nitrogens with one attached hydrogen (secondary N) is 2. The van der Waals surface area contributed by atoms with Crippen molar-refractivity contribution in [1.29, 1.82) is 0 Å². The van der Waals surface area contributed by atoms with Crippen LogP contribution in [0.5, 0.6) is 11.5 Å². The first kappa shape index (κ1) is 17.8. The Hall–Kier alpha value is -3.55. The molecule has 8 heteroatoms. The normalized spacial score (nSPS) is 15.1. The smallest absolute Gasteiger partial charge is 0.255 e. The number of fused-ring (bicyclic) bond motifs is 1. The quantitative estimate of drug-likeness (QED) is 0.683. The van der Waals surface area contributed by atoms with Crippen molar-refractivity contribution in [3.63, 3.8) is 0 Å². The van der Waals surface area contributed by atoms with Gasteiger partial charge >= 0.3 is 0 Å². The van der Waals surface area contributed by atoms with Crippen LogP contribution in [-0.2, 0) is 6.54 Å². The number of nitrogens with zero attached hydrogens (tertiary/aromatic N) is 3. The lowest BCUT2D eigenvalue weighted by Crippen LogP contribution is -2.41. The van der Waals surface area contributed by atoms with Crippen LogP contribution in [0.15, 0.2) is 55.0 Å². The lowest BCUT2D eigenvalue weighted by molar-refractivity contribution is 0.0520. The number of aromatic nitrogens is 3. The Labute approximate surface area is 162 Å². The number of carbonyl (C=O) groups excluding carboxylic acids is 1. The Morgan fingerprint density at radius 1 is 1.25 bits per heavy atom. The monoisotopic (exact) mass is 379 g/mol. The number of para-hydroxylation sites is 2. The van der Waals surface area contributed by atoms with E-state index in [1.165, 1.54) is 0 Å². The molecule has 144 valence electrons. The summed E-state index contributed by atoms with van der Waals surface area (Å²) in [5, 5.41) is 3.15. The zero-order valence-electron chi connectivity index (χ0n) is 15.5. The minimum absolute atomic E-state index is 0.118. The van der Waals surface area contributed by atoms with Crippen LogP contribution in [-0.4, -0.2) is 52.1 Å². The second-order valence-electron chi connectivity index (χ2n) is 6.50. The number of hydrogen-bond acceptors (Lipinski definition) is 6. The topological polar surface area (TPSA) is 92.4 Å². The van der Waals surface area contributed by atoms with Crippen molar-refractivity contribution in [2.45, 2.75) is 12.6 Å². The molecule has 1 amide bonds. The molecule has 1 atom stereocenters. The van der Waals surface area contributed by atoms with Gasteiger partial charge in [-0.2, -0.15) is 0 Å². The Morgan fingerprint density at radius 2 is 2.11 bits per heavy atom. The predicted octanol–water partition coefficient (Wildman–Crippen LogP) is 2.33. The number of ether oxygens (including phenoxy) is 2. The molecule has 28 heavy (non-hydrogen) atoms. The van der Waals surface area contributed by atoms with Crippen molar-refractivity contribution >= 4 is 11.7 Å². The van der Waals surface area contributed by atoms with E-state index in [1.54, 1.807) is 42.7 Å².